The smallest absolute Gasteiger partial charge is 0.242 e. The highest BCUT2D eigenvalue weighted by Gasteiger charge is 2.30. The lowest BCUT2D eigenvalue weighted by molar-refractivity contribution is -0.144. The van der Waals surface area contributed by atoms with E-state index < -0.39 is 0 Å². The van der Waals surface area contributed by atoms with Gasteiger partial charge in [-0.25, -0.2) is 0 Å². The van der Waals surface area contributed by atoms with E-state index in [0.29, 0.717) is 19.6 Å². The van der Waals surface area contributed by atoms with Crippen molar-refractivity contribution in [1.82, 2.24) is 9.80 Å². The monoisotopic (exact) mass is 366 g/mol. The van der Waals surface area contributed by atoms with Crippen LogP contribution in [0.15, 0.2) is 65.8 Å². The third-order valence-corrected chi connectivity index (χ3v) is 4.94. The third kappa shape index (κ3) is 5.09. The fourth-order valence-electron chi connectivity index (χ4n) is 3.19. The number of hydrogen-bond acceptors (Lipinski definition) is 3. The van der Waals surface area contributed by atoms with Crippen molar-refractivity contribution in [2.45, 2.75) is 32.4 Å². The first-order valence-electron chi connectivity index (χ1n) is 9.41. The van der Waals surface area contributed by atoms with Gasteiger partial charge in [0.15, 0.2) is 0 Å². The zero-order valence-electron chi connectivity index (χ0n) is 15.5. The van der Waals surface area contributed by atoms with E-state index in [-0.39, 0.29) is 24.3 Å². The molecule has 0 radical (unpaired) electrons. The van der Waals surface area contributed by atoms with Crippen molar-refractivity contribution in [2.24, 2.45) is 5.92 Å². The van der Waals surface area contributed by atoms with E-state index >= 15 is 0 Å². The highest BCUT2D eigenvalue weighted by Crippen LogP contribution is 2.28. The summed E-state index contributed by atoms with van der Waals surface area (Å²) in [7, 11) is 0. The number of furan rings is 1. The second-order valence-corrected chi connectivity index (χ2v) is 6.95. The van der Waals surface area contributed by atoms with Crippen LogP contribution in [0, 0.1) is 5.92 Å². The van der Waals surface area contributed by atoms with Crippen molar-refractivity contribution in [1.29, 1.82) is 0 Å². The van der Waals surface area contributed by atoms with Gasteiger partial charge in [-0.05, 0) is 30.5 Å². The van der Waals surface area contributed by atoms with E-state index in [1.54, 1.807) is 22.1 Å². The Morgan fingerprint density at radius 3 is 2.44 bits per heavy atom. The Morgan fingerprint density at radius 2 is 1.85 bits per heavy atom. The summed E-state index contributed by atoms with van der Waals surface area (Å²) in [5.74, 6) is 0.752. The molecule has 27 heavy (non-hydrogen) atoms. The summed E-state index contributed by atoms with van der Waals surface area (Å²) in [6.07, 6.45) is 6.20. The molecule has 1 fully saturated rings. The number of amides is 2. The van der Waals surface area contributed by atoms with Crippen LogP contribution in [0.5, 0.6) is 0 Å². The number of benzene rings is 1. The Kier molecular flexibility index (Phi) is 6.47. The van der Waals surface area contributed by atoms with Crippen molar-refractivity contribution >= 4 is 11.8 Å². The fourth-order valence-corrected chi connectivity index (χ4v) is 3.19. The van der Waals surface area contributed by atoms with Crippen LogP contribution in [-0.2, 0) is 22.7 Å². The lowest BCUT2D eigenvalue weighted by Crippen LogP contribution is -2.45. The maximum atomic E-state index is 13.0. The van der Waals surface area contributed by atoms with Gasteiger partial charge in [0.2, 0.25) is 11.8 Å². The largest absolute Gasteiger partial charge is 0.467 e. The summed E-state index contributed by atoms with van der Waals surface area (Å²) in [5.41, 5.74) is 1.04. The van der Waals surface area contributed by atoms with Gasteiger partial charge in [-0.15, -0.1) is 6.58 Å². The van der Waals surface area contributed by atoms with Crippen LogP contribution in [-0.4, -0.2) is 34.7 Å². The zero-order valence-corrected chi connectivity index (χ0v) is 15.5. The first-order chi connectivity index (χ1) is 13.2. The molecule has 0 aliphatic heterocycles. The molecule has 1 aliphatic carbocycles. The van der Waals surface area contributed by atoms with Crippen LogP contribution >= 0.6 is 0 Å². The van der Waals surface area contributed by atoms with Crippen LogP contribution in [0.25, 0.3) is 0 Å². The number of nitrogens with zero attached hydrogens (tertiary/aromatic N) is 2. The van der Waals surface area contributed by atoms with Crippen molar-refractivity contribution in [3.05, 3.63) is 72.7 Å². The quantitative estimate of drug-likeness (QED) is 0.637. The van der Waals surface area contributed by atoms with Gasteiger partial charge in [-0.3, -0.25) is 9.59 Å². The molecule has 142 valence electrons. The van der Waals surface area contributed by atoms with Crippen LogP contribution in [0.2, 0.25) is 0 Å². The summed E-state index contributed by atoms with van der Waals surface area (Å²) in [5, 5.41) is 0. The molecule has 1 aromatic carbocycles. The molecule has 1 saturated carbocycles. The van der Waals surface area contributed by atoms with Gasteiger partial charge in [-0.1, -0.05) is 42.8 Å². The van der Waals surface area contributed by atoms with E-state index in [4.69, 9.17) is 4.42 Å². The lowest BCUT2D eigenvalue weighted by Gasteiger charge is -2.32. The predicted octanol–water partition coefficient (Wildman–Crippen LogP) is 3.62. The van der Waals surface area contributed by atoms with E-state index in [1.165, 1.54) is 0 Å². The van der Waals surface area contributed by atoms with Gasteiger partial charge in [0, 0.05) is 19.0 Å². The van der Waals surface area contributed by atoms with Gasteiger partial charge in [0.25, 0.3) is 0 Å². The maximum absolute atomic E-state index is 13.0. The minimum atomic E-state index is -0.0928. The van der Waals surface area contributed by atoms with Crippen molar-refractivity contribution in [3.63, 3.8) is 0 Å². The second-order valence-electron chi connectivity index (χ2n) is 6.95. The molecule has 0 spiro atoms. The first kappa shape index (κ1) is 19.0. The van der Waals surface area contributed by atoms with Crippen molar-refractivity contribution in [3.8, 4) is 0 Å². The van der Waals surface area contributed by atoms with Crippen LogP contribution in [0.3, 0.4) is 0 Å². The van der Waals surface area contributed by atoms with Gasteiger partial charge >= 0.3 is 0 Å². The Labute approximate surface area is 160 Å². The maximum Gasteiger partial charge on any atom is 0.242 e. The standard InChI is InChI=1S/C22H26N2O3/c1-2-13-23(22(26)19-10-6-11-19)17-21(25)24(16-20-12-7-14-27-20)15-18-8-4-3-5-9-18/h2-5,7-9,12,14,19H,1,6,10-11,13,15-17H2. The van der Waals surface area contributed by atoms with E-state index in [2.05, 4.69) is 6.58 Å². The van der Waals surface area contributed by atoms with Crippen molar-refractivity contribution in [2.75, 3.05) is 13.1 Å². The average molecular weight is 366 g/mol. The Hall–Kier alpha value is -2.82. The van der Waals surface area contributed by atoms with Gasteiger partial charge in [-0.2, -0.15) is 0 Å². The lowest BCUT2D eigenvalue weighted by atomic mass is 9.84. The van der Waals surface area contributed by atoms with E-state index in [0.717, 1.165) is 30.6 Å². The predicted molar refractivity (Wildman–Crippen MR) is 104 cm³/mol. The molecule has 1 heterocycles. The molecule has 0 unspecified atom stereocenters. The topological polar surface area (TPSA) is 53.8 Å². The highest BCUT2D eigenvalue weighted by molar-refractivity contribution is 5.86. The van der Waals surface area contributed by atoms with Crippen LogP contribution in [0.4, 0.5) is 0 Å². The minimum Gasteiger partial charge on any atom is -0.467 e. The van der Waals surface area contributed by atoms with E-state index in [1.807, 2.05) is 42.5 Å². The molecule has 0 bridgehead atoms. The molecule has 2 aromatic rings. The number of carbonyl (C=O) groups excluding carboxylic acids is 2. The Bertz CT molecular complexity index is 751. The fraction of sp³-hybridized carbons (Fsp3) is 0.364. The SMILES string of the molecule is C=CCN(CC(=O)N(Cc1ccccc1)Cc1ccco1)C(=O)C1CCC1. The van der Waals surface area contributed by atoms with Crippen LogP contribution in [0.1, 0.15) is 30.6 Å². The van der Waals surface area contributed by atoms with E-state index in [9.17, 15) is 9.59 Å². The molecule has 1 aromatic heterocycles. The first-order valence-corrected chi connectivity index (χ1v) is 9.41. The Morgan fingerprint density at radius 1 is 1.07 bits per heavy atom. The number of hydrogen-bond donors (Lipinski definition) is 0. The summed E-state index contributed by atoms with van der Waals surface area (Å²) in [6, 6.07) is 13.5. The normalized spacial score (nSPS) is 13.6. The molecule has 0 atom stereocenters. The summed E-state index contributed by atoms with van der Waals surface area (Å²) in [6.45, 7) is 5.03. The number of carbonyl (C=O) groups is 2. The molecule has 2 amide bonds. The molecule has 0 N–H and O–H groups in total. The average Bonchev–Trinajstić information content (AvgIpc) is 3.13. The molecular formula is C22H26N2O3. The third-order valence-electron chi connectivity index (χ3n) is 4.94. The summed E-state index contributed by atoms with van der Waals surface area (Å²) < 4.78 is 5.43. The van der Waals surface area contributed by atoms with Gasteiger partial charge < -0.3 is 14.2 Å². The summed E-state index contributed by atoms with van der Waals surface area (Å²) in [4.78, 5) is 29.0. The highest BCUT2D eigenvalue weighted by atomic mass is 16.3. The number of rotatable bonds is 9. The molecule has 0 saturated heterocycles. The molecule has 3 rings (SSSR count). The van der Waals surface area contributed by atoms with Crippen LogP contribution < -0.4 is 0 Å². The molecule has 5 nitrogen and oxygen atoms in total. The minimum absolute atomic E-state index is 0.0606. The zero-order chi connectivity index (χ0) is 19.1. The van der Waals surface area contributed by atoms with Gasteiger partial charge in [0.05, 0.1) is 12.8 Å². The van der Waals surface area contributed by atoms with Gasteiger partial charge in [0.1, 0.15) is 12.3 Å². The molecule has 1 aliphatic rings. The second kappa shape index (κ2) is 9.21. The van der Waals surface area contributed by atoms with Crippen molar-refractivity contribution < 1.29 is 14.0 Å². The molecule has 5 heteroatoms. The molecular weight excluding hydrogens is 340 g/mol. The summed E-state index contributed by atoms with van der Waals surface area (Å²) >= 11 is 0. The Balaban J connectivity index is 1.71.